The molecule has 0 unspecified atom stereocenters. The zero-order valence-corrected chi connectivity index (χ0v) is 8.31. The molecule has 4 nitrogen and oxygen atoms in total. The van der Waals surface area contributed by atoms with E-state index in [1.54, 1.807) is 6.08 Å². The van der Waals surface area contributed by atoms with E-state index in [-0.39, 0.29) is 18.9 Å². The summed E-state index contributed by atoms with van der Waals surface area (Å²) in [6.07, 6.45) is 2.00. The second kappa shape index (κ2) is 5.95. The number of carbonyl (C=O) groups is 1. The molecule has 0 radical (unpaired) electrons. The molecule has 4 heteroatoms. The van der Waals surface area contributed by atoms with E-state index in [4.69, 9.17) is 10.9 Å². The van der Waals surface area contributed by atoms with Crippen molar-refractivity contribution in [2.45, 2.75) is 6.42 Å². The average molecular weight is 206 g/mol. The largest absolute Gasteiger partial charge is 0.396 e. The van der Waals surface area contributed by atoms with Gasteiger partial charge in [0.25, 0.3) is 5.91 Å². The quantitative estimate of drug-likeness (QED) is 0.289. The Labute approximate surface area is 88.4 Å². The summed E-state index contributed by atoms with van der Waals surface area (Å²) in [5, 5.41) is 8.80. The second-order valence-corrected chi connectivity index (χ2v) is 3.03. The van der Waals surface area contributed by atoms with Crippen molar-refractivity contribution in [3.8, 4) is 0 Å². The van der Waals surface area contributed by atoms with Crippen LogP contribution in [0.4, 0.5) is 0 Å². The molecule has 0 aliphatic heterocycles. The molecule has 1 rings (SSSR count). The summed E-state index contributed by atoms with van der Waals surface area (Å²) in [5.41, 5.74) is 3.42. The van der Waals surface area contributed by atoms with E-state index in [1.807, 2.05) is 30.3 Å². The van der Waals surface area contributed by atoms with E-state index in [1.165, 1.54) is 0 Å². The van der Waals surface area contributed by atoms with Gasteiger partial charge in [0.1, 0.15) is 0 Å². The first-order valence-electron chi connectivity index (χ1n) is 4.65. The lowest BCUT2D eigenvalue weighted by molar-refractivity contribution is -0.117. The van der Waals surface area contributed by atoms with E-state index in [2.05, 4.69) is 5.43 Å². The van der Waals surface area contributed by atoms with Gasteiger partial charge in [0.05, 0.1) is 0 Å². The smallest absolute Gasteiger partial charge is 0.261 e. The van der Waals surface area contributed by atoms with Crippen molar-refractivity contribution in [3.05, 3.63) is 41.5 Å². The minimum Gasteiger partial charge on any atom is -0.396 e. The Hall–Kier alpha value is -1.65. The summed E-state index contributed by atoms with van der Waals surface area (Å²) in [4.78, 5) is 11.3. The Morgan fingerprint density at radius 3 is 2.60 bits per heavy atom. The third-order valence-corrected chi connectivity index (χ3v) is 1.94. The normalized spacial score (nSPS) is 11.2. The molecule has 15 heavy (non-hydrogen) atoms. The van der Waals surface area contributed by atoms with Crippen molar-refractivity contribution in [2.75, 3.05) is 6.61 Å². The minimum absolute atomic E-state index is 0.0773. The lowest BCUT2D eigenvalue weighted by atomic mass is 10.1. The van der Waals surface area contributed by atoms with Crippen LogP contribution in [0.2, 0.25) is 0 Å². The fourth-order valence-corrected chi connectivity index (χ4v) is 1.21. The van der Waals surface area contributed by atoms with E-state index in [0.717, 1.165) is 5.56 Å². The van der Waals surface area contributed by atoms with Crippen LogP contribution in [-0.2, 0) is 4.79 Å². The Kier molecular flexibility index (Phi) is 4.53. The molecular formula is C11H14N2O2. The molecule has 0 aliphatic carbocycles. The maximum absolute atomic E-state index is 11.3. The van der Waals surface area contributed by atoms with Gasteiger partial charge < -0.3 is 5.11 Å². The van der Waals surface area contributed by atoms with Gasteiger partial charge in [-0.1, -0.05) is 30.3 Å². The summed E-state index contributed by atoms with van der Waals surface area (Å²) < 4.78 is 0. The predicted molar refractivity (Wildman–Crippen MR) is 58.5 cm³/mol. The number of rotatable bonds is 4. The predicted octanol–water partition coefficient (Wildman–Crippen LogP) is 0.442. The van der Waals surface area contributed by atoms with E-state index in [0.29, 0.717) is 5.57 Å². The van der Waals surface area contributed by atoms with Gasteiger partial charge in [-0.05, 0) is 11.6 Å². The number of hydrazine groups is 1. The van der Waals surface area contributed by atoms with Gasteiger partial charge in [-0.15, -0.1) is 0 Å². The summed E-state index contributed by atoms with van der Waals surface area (Å²) >= 11 is 0. The van der Waals surface area contributed by atoms with Crippen molar-refractivity contribution in [2.24, 2.45) is 5.84 Å². The van der Waals surface area contributed by atoms with Gasteiger partial charge in [-0.2, -0.15) is 0 Å². The summed E-state index contributed by atoms with van der Waals surface area (Å²) in [6.45, 7) is -0.0773. The minimum atomic E-state index is -0.368. The van der Waals surface area contributed by atoms with Crippen molar-refractivity contribution >= 4 is 12.0 Å². The van der Waals surface area contributed by atoms with Gasteiger partial charge in [0.2, 0.25) is 0 Å². The van der Waals surface area contributed by atoms with Crippen LogP contribution >= 0.6 is 0 Å². The fourth-order valence-electron chi connectivity index (χ4n) is 1.21. The second-order valence-electron chi connectivity index (χ2n) is 3.03. The molecule has 1 amide bonds. The zero-order chi connectivity index (χ0) is 11.1. The monoisotopic (exact) mass is 206 g/mol. The fraction of sp³-hybridized carbons (Fsp3) is 0.182. The Morgan fingerprint density at radius 1 is 1.40 bits per heavy atom. The van der Waals surface area contributed by atoms with Crippen LogP contribution in [0.5, 0.6) is 0 Å². The Balaban J connectivity index is 2.88. The zero-order valence-electron chi connectivity index (χ0n) is 8.31. The SMILES string of the molecule is NNC(=O)C(=Cc1ccccc1)CCO. The van der Waals surface area contributed by atoms with Crippen LogP contribution in [0, 0.1) is 0 Å². The van der Waals surface area contributed by atoms with Crippen LogP contribution in [0.1, 0.15) is 12.0 Å². The van der Waals surface area contributed by atoms with Crippen LogP contribution in [-0.4, -0.2) is 17.6 Å². The molecule has 4 N–H and O–H groups in total. The third kappa shape index (κ3) is 3.53. The van der Waals surface area contributed by atoms with Crippen LogP contribution < -0.4 is 11.3 Å². The van der Waals surface area contributed by atoms with E-state index in [9.17, 15) is 4.79 Å². The highest BCUT2D eigenvalue weighted by atomic mass is 16.3. The first kappa shape index (κ1) is 11.4. The number of nitrogens with two attached hydrogens (primary N) is 1. The summed E-state index contributed by atoms with van der Waals surface area (Å²) in [6, 6.07) is 9.40. The maximum Gasteiger partial charge on any atom is 0.261 e. The first-order valence-corrected chi connectivity index (χ1v) is 4.65. The van der Waals surface area contributed by atoms with Crippen LogP contribution in [0.3, 0.4) is 0 Å². The molecule has 0 saturated carbocycles. The molecule has 1 aromatic rings. The molecule has 0 heterocycles. The molecule has 0 spiro atoms. The topological polar surface area (TPSA) is 75.3 Å². The van der Waals surface area contributed by atoms with Crippen molar-refractivity contribution in [1.29, 1.82) is 0 Å². The van der Waals surface area contributed by atoms with E-state index >= 15 is 0 Å². The molecule has 80 valence electrons. The standard InChI is InChI=1S/C11H14N2O2/c12-13-11(15)10(6-7-14)8-9-4-2-1-3-5-9/h1-5,8,14H,6-7,12H2,(H,13,15). The van der Waals surface area contributed by atoms with Crippen molar-refractivity contribution < 1.29 is 9.90 Å². The number of aliphatic hydroxyl groups excluding tert-OH is 1. The molecule has 0 aliphatic rings. The summed E-state index contributed by atoms with van der Waals surface area (Å²) in [5.74, 6) is 4.67. The third-order valence-electron chi connectivity index (χ3n) is 1.94. The van der Waals surface area contributed by atoms with Gasteiger partial charge in [0.15, 0.2) is 0 Å². The van der Waals surface area contributed by atoms with E-state index < -0.39 is 0 Å². The average Bonchev–Trinajstić information content (AvgIpc) is 2.29. The molecular weight excluding hydrogens is 192 g/mol. The van der Waals surface area contributed by atoms with Gasteiger partial charge in [-0.3, -0.25) is 10.2 Å². The number of carbonyl (C=O) groups excluding carboxylic acids is 1. The highest BCUT2D eigenvalue weighted by Gasteiger charge is 2.06. The first-order chi connectivity index (χ1) is 7.27. The van der Waals surface area contributed by atoms with Crippen molar-refractivity contribution in [3.63, 3.8) is 0 Å². The van der Waals surface area contributed by atoms with Crippen molar-refractivity contribution in [1.82, 2.24) is 5.43 Å². The lowest BCUT2D eigenvalue weighted by Crippen LogP contribution is -2.31. The Bertz CT molecular complexity index is 347. The number of hydrogen-bond acceptors (Lipinski definition) is 3. The van der Waals surface area contributed by atoms with Gasteiger partial charge >= 0.3 is 0 Å². The van der Waals surface area contributed by atoms with Crippen LogP contribution in [0.25, 0.3) is 6.08 Å². The lowest BCUT2D eigenvalue weighted by Gasteiger charge is -2.03. The highest BCUT2D eigenvalue weighted by Crippen LogP contribution is 2.09. The highest BCUT2D eigenvalue weighted by molar-refractivity contribution is 5.97. The number of benzene rings is 1. The number of aliphatic hydroxyl groups is 1. The van der Waals surface area contributed by atoms with Gasteiger partial charge in [0, 0.05) is 18.6 Å². The molecule has 1 aromatic carbocycles. The van der Waals surface area contributed by atoms with Crippen LogP contribution in [0.15, 0.2) is 35.9 Å². The number of nitrogens with one attached hydrogen (secondary N) is 1. The number of amides is 1. The number of hydrogen-bond donors (Lipinski definition) is 3. The molecule has 0 fully saturated rings. The summed E-state index contributed by atoms with van der Waals surface area (Å²) in [7, 11) is 0. The molecule has 0 saturated heterocycles. The maximum atomic E-state index is 11.3. The Morgan fingerprint density at radius 2 is 2.07 bits per heavy atom. The molecule has 0 atom stereocenters. The molecule has 0 aromatic heterocycles. The van der Waals surface area contributed by atoms with Gasteiger partial charge in [-0.25, -0.2) is 5.84 Å². The molecule has 0 bridgehead atoms.